The molecule has 2 aliphatic carbocycles. The maximum absolute atomic E-state index is 15.1. The van der Waals surface area contributed by atoms with Crippen molar-refractivity contribution < 1.29 is 13.2 Å². The van der Waals surface area contributed by atoms with E-state index in [1.54, 1.807) is 0 Å². The highest BCUT2D eigenvalue weighted by atomic mass is 19.3. The lowest BCUT2D eigenvalue weighted by Gasteiger charge is -2.54. The number of hydrogen-bond donors (Lipinski definition) is 0. The Labute approximate surface area is 157 Å². The third-order valence-electron chi connectivity index (χ3n) is 6.69. The summed E-state index contributed by atoms with van der Waals surface area (Å²) in [6.45, 7) is 5.96. The van der Waals surface area contributed by atoms with Crippen molar-refractivity contribution >= 4 is 0 Å². The lowest BCUT2D eigenvalue weighted by atomic mass is 9.51. The Morgan fingerprint density at radius 3 is 2.23 bits per heavy atom. The summed E-state index contributed by atoms with van der Waals surface area (Å²) in [5, 5.41) is 0. The van der Waals surface area contributed by atoms with Crippen LogP contribution in [-0.4, -0.2) is 5.92 Å². The lowest BCUT2D eigenvalue weighted by Crippen LogP contribution is -2.53. The van der Waals surface area contributed by atoms with Crippen molar-refractivity contribution in [3.63, 3.8) is 0 Å². The van der Waals surface area contributed by atoms with Crippen LogP contribution in [0.25, 0.3) is 0 Å². The molecule has 1 atom stereocenters. The summed E-state index contributed by atoms with van der Waals surface area (Å²) in [6.07, 6.45) is 18.6. The zero-order valence-corrected chi connectivity index (χ0v) is 16.3. The Morgan fingerprint density at radius 1 is 1.00 bits per heavy atom. The first kappa shape index (κ1) is 21.3. The molecule has 0 amide bonds. The SMILES string of the molecule is C=CC1(C2(CCCCCCCCC)CCCCC2)C=CC=C(F)C1(F)F. The van der Waals surface area contributed by atoms with Crippen LogP contribution in [0, 0.1) is 10.8 Å². The van der Waals surface area contributed by atoms with E-state index < -0.39 is 22.6 Å². The topological polar surface area (TPSA) is 0 Å². The van der Waals surface area contributed by atoms with Crippen LogP contribution in [0.15, 0.2) is 36.7 Å². The number of alkyl halides is 2. The van der Waals surface area contributed by atoms with Gasteiger partial charge in [0, 0.05) is 0 Å². The van der Waals surface area contributed by atoms with Crippen LogP contribution in [-0.2, 0) is 0 Å². The fraction of sp³-hybridized carbons (Fsp3) is 0.739. The van der Waals surface area contributed by atoms with E-state index in [9.17, 15) is 4.39 Å². The highest BCUT2D eigenvalue weighted by Crippen LogP contribution is 2.63. The van der Waals surface area contributed by atoms with Gasteiger partial charge in [-0.1, -0.05) is 89.4 Å². The van der Waals surface area contributed by atoms with Gasteiger partial charge in [-0.05, 0) is 30.8 Å². The summed E-state index contributed by atoms with van der Waals surface area (Å²) >= 11 is 0. The van der Waals surface area contributed by atoms with E-state index in [0.717, 1.165) is 63.9 Å². The minimum Gasteiger partial charge on any atom is -0.205 e. The first-order valence-electron chi connectivity index (χ1n) is 10.5. The number of halogens is 3. The molecule has 0 aromatic heterocycles. The molecule has 0 N–H and O–H groups in total. The lowest BCUT2D eigenvalue weighted by molar-refractivity contribution is -0.134. The van der Waals surface area contributed by atoms with Crippen LogP contribution < -0.4 is 0 Å². The Morgan fingerprint density at radius 2 is 1.62 bits per heavy atom. The van der Waals surface area contributed by atoms with Gasteiger partial charge >= 0.3 is 5.92 Å². The predicted octanol–water partition coefficient (Wildman–Crippen LogP) is 8.31. The van der Waals surface area contributed by atoms with Gasteiger partial charge in [0.1, 0.15) is 0 Å². The van der Waals surface area contributed by atoms with E-state index in [0.29, 0.717) is 0 Å². The summed E-state index contributed by atoms with van der Waals surface area (Å²) in [5.41, 5.74) is -2.18. The third kappa shape index (κ3) is 3.97. The van der Waals surface area contributed by atoms with Gasteiger partial charge < -0.3 is 0 Å². The van der Waals surface area contributed by atoms with Gasteiger partial charge in [-0.15, -0.1) is 6.58 Å². The van der Waals surface area contributed by atoms with Gasteiger partial charge in [-0.25, -0.2) is 4.39 Å². The fourth-order valence-electron chi connectivity index (χ4n) is 5.13. The van der Waals surface area contributed by atoms with Gasteiger partial charge in [-0.2, -0.15) is 8.78 Å². The molecule has 0 aromatic carbocycles. The second-order valence-electron chi connectivity index (χ2n) is 8.23. The Balaban J connectivity index is 2.13. The number of rotatable bonds is 10. The molecule has 0 bridgehead atoms. The van der Waals surface area contributed by atoms with Crippen LogP contribution in [0.4, 0.5) is 13.2 Å². The first-order valence-corrected chi connectivity index (χ1v) is 10.5. The Kier molecular flexibility index (Phi) is 7.61. The van der Waals surface area contributed by atoms with E-state index in [4.69, 9.17) is 0 Å². The fourth-order valence-corrected chi connectivity index (χ4v) is 5.13. The van der Waals surface area contributed by atoms with Gasteiger partial charge in [0.2, 0.25) is 0 Å². The first-order chi connectivity index (χ1) is 12.5. The van der Waals surface area contributed by atoms with Crippen molar-refractivity contribution in [1.29, 1.82) is 0 Å². The van der Waals surface area contributed by atoms with Crippen molar-refractivity contribution in [3.8, 4) is 0 Å². The summed E-state index contributed by atoms with van der Waals surface area (Å²) in [5.74, 6) is -4.81. The molecule has 3 heteroatoms. The van der Waals surface area contributed by atoms with Crippen molar-refractivity contribution in [2.45, 2.75) is 96.3 Å². The third-order valence-corrected chi connectivity index (χ3v) is 6.69. The molecular weight excluding hydrogens is 333 g/mol. The minimum absolute atomic E-state index is 0.581. The van der Waals surface area contributed by atoms with E-state index >= 15 is 8.78 Å². The molecule has 0 aromatic rings. The van der Waals surface area contributed by atoms with Gasteiger partial charge in [0.15, 0.2) is 5.83 Å². The second kappa shape index (κ2) is 9.28. The summed E-state index contributed by atoms with van der Waals surface area (Å²) in [6, 6.07) is 0. The Hall–Kier alpha value is -0.990. The van der Waals surface area contributed by atoms with Crippen LogP contribution >= 0.6 is 0 Å². The van der Waals surface area contributed by atoms with E-state index in [1.807, 2.05) is 0 Å². The number of hydrogen-bond acceptors (Lipinski definition) is 0. The average molecular weight is 369 g/mol. The molecule has 0 heterocycles. The zero-order chi connectivity index (χ0) is 19.1. The van der Waals surface area contributed by atoms with Crippen molar-refractivity contribution in [1.82, 2.24) is 0 Å². The molecule has 1 unspecified atom stereocenters. The van der Waals surface area contributed by atoms with Crippen molar-refractivity contribution in [2.24, 2.45) is 10.8 Å². The smallest absolute Gasteiger partial charge is 0.205 e. The van der Waals surface area contributed by atoms with Crippen LogP contribution in [0.5, 0.6) is 0 Å². The summed E-state index contributed by atoms with van der Waals surface area (Å²) in [7, 11) is 0. The largest absolute Gasteiger partial charge is 0.311 e. The number of allylic oxidation sites excluding steroid dienone is 5. The quantitative estimate of drug-likeness (QED) is 0.269. The summed E-state index contributed by atoms with van der Waals surface area (Å²) in [4.78, 5) is 0. The number of unbranched alkanes of at least 4 members (excludes halogenated alkanes) is 6. The molecular formula is C23H35F3. The van der Waals surface area contributed by atoms with E-state index in [2.05, 4.69) is 13.5 Å². The van der Waals surface area contributed by atoms with Gasteiger partial charge in [0.25, 0.3) is 0 Å². The molecule has 0 nitrogen and oxygen atoms in total. The standard InChI is InChI=1S/C23H35F3/c1-3-5-6-7-8-9-11-16-21(17-12-10-13-18-21)22(4-2)19-14-15-20(24)23(22,25)26/h4,14-15,19H,2-3,5-13,16-18H2,1H3. The van der Waals surface area contributed by atoms with Crippen LogP contribution in [0.2, 0.25) is 0 Å². The maximum Gasteiger partial charge on any atom is 0.311 e. The predicted molar refractivity (Wildman–Crippen MR) is 104 cm³/mol. The highest BCUT2D eigenvalue weighted by molar-refractivity contribution is 5.36. The van der Waals surface area contributed by atoms with Crippen LogP contribution in [0.3, 0.4) is 0 Å². The molecule has 26 heavy (non-hydrogen) atoms. The molecule has 2 aliphatic rings. The molecule has 1 saturated carbocycles. The molecule has 0 saturated heterocycles. The van der Waals surface area contributed by atoms with Crippen molar-refractivity contribution in [3.05, 3.63) is 36.7 Å². The highest BCUT2D eigenvalue weighted by Gasteiger charge is 2.64. The monoisotopic (exact) mass is 368 g/mol. The zero-order valence-electron chi connectivity index (χ0n) is 16.3. The van der Waals surface area contributed by atoms with E-state index in [1.165, 1.54) is 43.9 Å². The van der Waals surface area contributed by atoms with Crippen molar-refractivity contribution in [2.75, 3.05) is 0 Å². The maximum atomic E-state index is 15.1. The average Bonchev–Trinajstić information content (AvgIpc) is 2.64. The molecule has 1 fully saturated rings. The Bertz CT molecular complexity index is 512. The minimum atomic E-state index is -3.50. The molecule has 2 rings (SSSR count). The normalized spacial score (nSPS) is 27.2. The molecule has 0 radical (unpaired) electrons. The van der Waals surface area contributed by atoms with Gasteiger partial charge in [0.05, 0.1) is 5.41 Å². The molecule has 0 aliphatic heterocycles. The van der Waals surface area contributed by atoms with E-state index in [-0.39, 0.29) is 0 Å². The van der Waals surface area contributed by atoms with Crippen LogP contribution in [0.1, 0.15) is 90.4 Å². The molecule has 148 valence electrons. The summed E-state index contributed by atoms with van der Waals surface area (Å²) < 4.78 is 44.3. The molecule has 0 spiro atoms. The second-order valence-corrected chi connectivity index (χ2v) is 8.23. The van der Waals surface area contributed by atoms with Gasteiger partial charge in [-0.3, -0.25) is 0 Å².